The van der Waals surface area contributed by atoms with Gasteiger partial charge in [0.05, 0.1) is 23.4 Å². The average Bonchev–Trinajstić information content (AvgIpc) is 3.03. The monoisotopic (exact) mass is 431 g/mol. The molecule has 0 aliphatic carbocycles. The van der Waals surface area contributed by atoms with Crippen LogP contribution in [0.4, 0.5) is 0 Å². The van der Waals surface area contributed by atoms with Crippen molar-refractivity contribution in [1.82, 2.24) is 24.6 Å². The summed E-state index contributed by atoms with van der Waals surface area (Å²) >= 11 is 6.28. The molecule has 3 aromatic rings. The van der Waals surface area contributed by atoms with Gasteiger partial charge in [0.2, 0.25) is 5.91 Å². The molecule has 158 valence electrons. The number of amides is 1. The van der Waals surface area contributed by atoms with Gasteiger partial charge < -0.3 is 15.2 Å². The topological polar surface area (TPSA) is 111 Å². The summed E-state index contributed by atoms with van der Waals surface area (Å²) in [5, 5.41) is 16.0. The lowest BCUT2D eigenvalue weighted by Gasteiger charge is -2.11. The van der Waals surface area contributed by atoms with Crippen molar-refractivity contribution in [1.29, 1.82) is 0 Å². The number of carbonyl (C=O) groups is 1. The van der Waals surface area contributed by atoms with Gasteiger partial charge in [-0.2, -0.15) is 0 Å². The van der Waals surface area contributed by atoms with Crippen molar-refractivity contribution in [2.75, 3.05) is 13.2 Å². The summed E-state index contributed by atoms with van der Waals surface area (Å²) in [6.45, 7) is 3.45. The third-order valence-electron chi connectivity index (χ3n) is 4.05. The molecule has 0 fully saturated rings. The summed E-state index contributed by atoms with van der Waals surface area (Å²) in [5.74, 6) is 0.504. The van der Waals surface area contributed by atoms with Gasteiger partial charge in [-0.05, 0) is 44.2 Å². The predicted molar refractivity (Wildman–Crippen MR) is 112 cm³/mol. The van der Waals surface area contributed by atoms with E-state index in [1.807, 2.05) is 13.8 Å². The lowest BCUT2D eigenvalue weighted by atomic mass is 10.2. The van der Waals surface area contributed by atoms with E-state index in [-0.39, 0.29) is 31.6 Å². The molecule has 9 nitrogen and oxygen atoms in total. The van der Waals surface area contributed by atoms with E-state index in [0.717, 1.165) is 4.68 Å². The van der Waals surface area contributed by atoms with Crippen molar-refractivity contribution in [2.45, 2.75) is 26.5 Å². The maximum atomic E-state index is 13.1. The average molecular weight is 432 g/mol. The first-order chi connectivity index (χ1) is 14.4. The smallest absolute Gasteiger partial charge is 0.351 e. The number of halogens is 1. The fourth-order valence-electron chi connectivity index (χ4n) is 2.81. The Morgan fingerprint density at radius 1 is 1.27 bits per heavy atom. The minimum atomic E-state index is -0.505. The predicted octanol–water partition coefficient (Wildman–Crippen LogP) is 1.65. The number of hydrogen-bond donors (Lipinski definition) is 2. The summed E-state index contributed by atoms with van der Waals surface area (Å²) in [4.78, 5) is 29.1. The van der Waals surface area contributed by atoms with Crippen molar-refractivity contribution < 1.29 is 14.6 Å². The highest BCUT2D eigenvalue weighted by Gasteiger charge is 2.20. The first-order valence-corrected chi connectivity index (χ1v) is 9.73. The van der Waals surface area contributed by atoms with Crippen molar-refractivity contribution in [3.63, 3.8) is 0 Å². The van der Waals surface area contributed by atoms with Crippen LogP contribution in [0.1, 0.15) is 13.8 Å². The van der Waals surface area contributed by atoms with Gasteiger partial charge in [0.15, 0.2) is 5.82 Å². The van der Waals surface area contributed by atoms with Gasteiger partial charge in [-0.15, -0.1) is 5.10 Å². The molecule has 2 aromatic heterocycles. The fraction of sp³-hybridized carbons (Fsp3) is 0.300. The van der Waals surface area contributed by atoms with E-state index in [1.165, 1.54) is 10.8 Å². The van der Waals surface area contributed by atoms with Gasteiger partial charge in [0.25, 0.3) is 0 Å². The lowest BCUT2D eigenvalue weighted by molar-refractivity contribution is -0.122. The molecular weight excluding hydrogens is 410 g/mol. The zero-order valence-corrected chi connectivity index (χ0v) is 17.3. The number of pyridine rings is 1. The normalized spacial score (nSPS) is 11.0. The first-order valence-electron chi connectivity index (χ1n) is 9.35. The zero-order valence-electron chi connectivity index (χ0n) is 16.6. The van der Waals surface area contributed by atoms with Gasteiger partial charge in [0.1, 0.15) is 12.3 Å². The molecule has 3 rings (SSSR count). The number of nitrogens with one attached hydrogen (secondary N) is 1. The molecule has 2 N–H and O–H groups in total. The van der Waals surface area contributed by atoms with E-state index in [1.54, 1.807) is 36.5 Å². The van der Waals surface area contributed by atoms with Gasteiger partial charge >= 0.3 is 5.69 Å². The van der Waals surface area contributed by atoms with Gasteiger partial charge in [-0.25, -0.2) is 14.0 Å². The second-order valence-electron chi connectivity index (χ2n) is 6.69. The minimum absolute atomic E-state index is 0.0185. The molecule has 1 amide bonds. The number of nitrogens with zero attached hydrogens (tertiary/aromatic N) is 4. The number of aliphatic hydroxyl groups is 1. The molecule has 0 aliphatic rings. The van der Waals surface area contributed by atoms with Crippen LogP contribution in [0.2, 0.25) is 5.02 Å². The Morgan fingerprint density at radius 3 is 2.63 bits per heavy atom. The maximum absolute atomic E-state index is 13.1. The number of ether oxygens (including phenoxy) is 1. The summed E-state index contributed by atoms with van der Waals surface area (Å²) in [5.41, 5.74) is 0.538. The van der Waals surface area contributed by atoms with Crippen LogP contribution < -0.4 is 15.7 Å². The van der Waals surface area contributed by atoms with Crippen LogP contribution in [-0.4, -0.2) is 49.6 Å². The molecule has 0 radical (unpaired) electrons. The molecule has 30 heavy (non-hydrogen) atoms. The highest BCUT2D eigenvalue weighted by atomic mass is 35.5. The Labute approximate surface area is 177 Å². The molecule has 2 heterocycles. The van der Waals surface area contributed by atoms with Crippen LogP contribution in [0.3, 0.4) is 0 Å². The molecule has 0 saturated carbocycles. The van der Waals surface area contributed by atoms with E-state index in [2.05, 4.69) is 15.4 Å². The Bertz CT molecular complexity index is 1080. The van der Waals surface area contributed by atoms with Crippen LogP contribution in [0.5, 0.6) is 5.75 Å². The highest BCUT2D eigenvalue weighted by Crippen LogP contribution is 2.27. The van der Waals surface area contributed by atoms with Crippen LogP contribution >= 0.6 is 11.6 Å². The molecule has 0 bridgehead atoms. The number of hydrogen-bond acceptors (Lipinski definition) is 6. The molecule has 0 unspecified atom stereocenters. The summed E-state index contributed by atoms with van der Waals surface area (Å²) in [6, 6.07) is 8.62. The minimum Gasteiger partial charge on any atom is -0.491 e. The molecule has 0 saturated heterocycles. The molecule has 10 heteroatoms. The number of aromatic nitrogens is 4. The standard InChI is InChI=1S/C20H22ClN5O4/c1-13(2)30-15-5-3-14(4-6-15)26-19(16-7-8-22-11-17(16)21)24-25(20(26)29)12-18(28)23-9-10-27/h3-8,11,13,27H,9-10,12H2,1-2H3,(H,23,28). The van der Waals surface area contributed by atoms with Crippen LogP contribution in [-0.2, 0) is 11.3 Å². The van der Waals surface area contributed by atoms with Crippen LogP contribution in [0.15, 0.2) is 47.5 Å². The molecular formula is C20H22ClN5O4. The number of rotatable bonds is 8. The Hall–Kier alpha value is -3.17. The second kappa shape index (κ2) is 9.55. The largest absolute Gasteiger partial charge is 0.491 e. The van der Waals surface area contributed by atoms with Crippen molar-refractivity contribution >= 4 is 17.5 Å². The van der Waals surface area contributed by atoms with E-state index in [0.29, 0.717) is 22.0 Å². The SMILES string of the molecule is CC(C)Oc1ccc(-n2c(-c3ccncc3Cl)nn(CC(=O)NCCO)c2=O)cc1. The molecule has 0 aliphatic heterocycles. The third kappa shape index (κ3) is 4.87. The highest BCUT2D eigenvalue weighted by molar-refractivity contribution is 6.33. The van der Waals surface area contributed by atoms with Crippen molar-refractivity contribution in [3.8, 4) is 22.8 Å². The van der Waals surface area contributed by atoms with E-state index in [4.69, 9.17) is 21.4 Å². The molecule has 0 atom stereocenters. The summed E-state index contributed by atoms with van der Waals surface area (Å²) in [6.07, 6.45) is 3.02. The Kier molecular flexibility index (Phi) is 6.86. The van der Waals surface area contributed by atoms with Crippen molar-refractivity contribution in [3.05, 3.63) is 58.2 Å². The fourth-order valence-corrected chi connectivity index (χ4v) is 3.01. The van der Waals surface area contributed by atoms with Gasteiger partial charge in [0, 0.05) is 24.5 Å². The second-order valence-corrected chi connectivity index (χ2v) is 7.10. The van der Waals surface area contributed by atoms with Crippen molar-refractivity contribution in [2.24, 2.45) is 0 Å². The van der Waals surface area contributed by atoms with E-state index in [9.17, 15) is 9.59 Å². The Morgan fingerprint density at radius 2 is 2.00 bits per heavy atom. The first kappa shape index (κ1) is 21.5. The number of carbonyl (C=O) groups excluding carboxylic acids is 1. The molecule has 1 aromatic carbocycles. The quantitative estimate of drug-likeness (QED) is 0.561. The number of aliphatic hydroxyl groups excluding tert-OH is 1. The van der Waals surface area contributed by atoms with Crippen LogP contribution in [0.25, 0.3) is 17.1 Å². The Balaban J connectivity index is 2.07. The van der Waals surface area contributed by atoms with E-state index >= 15 is 0 Å². The zero-order chi connectivity index (χ0) is 21.7. The van der Waals surface area contributed by atoms with E-state index < -0.39 is 11.6 Å². The van der Waals surface area contributed by atoms with Crippen LogP contribution in [0, 0.1) is 0 Å². The maximum Gasteiger partial charge on any atom is 0.351 e. The number of benzene rings is 1. The van der Waals surface area contributed by atoms with Gasteiger partial charge in [-0.3, -0.25) is 9.78 Å². The lowest BCUT2D eigenvalue weighted by Crippen LogP contribution is -2.34. The molecule has 0 spiro atoms. The summed E-state index contributed by atoms with van der Waals surface area (Å²) < 4.78 is 8.08. The third-order valence-corrected chi connectivity index (χ3v) is 4.35. The summed E-state index contributed by atoms with van der Waals surface area (Å²) in [7, 11) is 0. The van der Waals surface area contributed by atoms with Gasteiger partial charge in [-0.1, -0.05) is 11.6 Å².